The number of terminal acetylenes is 1. The smallest absolute Gasteiger partial charge is 0.122 e. The number of nitrogens with two attached hydrogens (primary N) is 1. The molecule has 0 saturated heterocycles. The van der Waals surface area contributed by atoms with Crippen LogP contribution in [0.2, 0.25) is 0 Å². The van der Waals surface area contributed by atoms with Gasteiger partial charge in [0, 0.05) is 12.5 Å². The van der Waals surface area contributed by atoms with Crippen molar-refractivity contribution in [1.29, 1.82) is 0 Å². The maximum Gasteiger partial charge on any atom is 0.122 e. The summed E-state index contributed by atoms with van der Waals surface area (Å²) in [6.45, 7) is 0. The normalized spacial score (nSPS) is 11.8. The van der Waals surface area contributed by atoms with Gasteiger partial charge in [-0.25, -0.2) is 0 Å². The lowest BCUT2D eigenvalue weighted by molar-refractivity contribution is 0.405. The van der Waals surface area contributed by atoms with E-state index >= 15 is 0 Å². The lowest BCUT2D eigenvalue weighted by Gasteiger charge is -2.14. The fraction of sp³-hybridized carbons (Fsp3) is 0.333. The molecule has 0 aromatic heterocycles. The molecule has 0 amide bonds. The van der Waals surface area contributed by atoms with Crippen molar-refractivity contribution in [1.82, 2.24) is 5.43 Å². The highest BCUT2D eigenvalue weighted by Crippen LogP contribution is 2.19. The number of nitrogens with one attached hydrogen (secondary N) is 1. The van der Waals surface area contributed by atoms with E-state index in [1.54, 1.807) is 7.11 Å². The van der Waals surface area contributed by atoms with E-state index in [1.807, 2.05) is 24.3 Å². The summed E-state index contributed by atoms with van der Waals surface area (Å²) in [5, 5.41) is 0. The number of para-hydroxylation sites is 1. The van der Waals surface area contributed by atoms with E-state index in [0.717, 1.165) is 17.7 Å². The van der Waals surface area contributed by atoms with Crippen molar-refractivity contribution in [3.63, 3.8) is 0 Å². The second kappa shape index (κ2) is 6.07. The molecule has 1 rings (SSSR count). The Hall–Kier alpha value is -1.50. The highest BCUT2D eigenvalue weighted by molar-refractivity contribution is 5.33. The number of hydrogen-bond acceptors (Lipinski definition) is 3. The lowest BCUT2D eigenvalue weighted by atomic mass is 10.0. The summed E-state index contributed by atoms with van der Waals surface area (Å²) in [5.41, 5.74) is 3.81. The van der Waals surface area contributed by atoms with Crippen LogP contribution in [-0.2, 0) is 6.42 Å². The Kier molecular flexibility index (Phi) is 4.69. The topological polar surface area (TPSA) is 47.3 Å². The van der Waals surface area contributed by atoms with Crippen LogP contribution in [0.3, 0.4) is 0 Å². The number of rotatable bonds is 5. The van der Waals surface area contributed by atoms with Gasteiger partial charge in [-0.1, -0.05) is 18.2 Å². The van der Waals surface area contributed by atoms with Gasteiger partial charge in [-0.3, -0.25) is 11.3 Å². The van der Waals surface area contributed by atoms with Gasteiger partial charge in [0.05, 0.1) is 7.11 Å². The Labute approximate surface area is 90.6 Å². The Morgan fingerprint density at radius 3 is 2.87 bits per heavy atom. The molecule has 1 aromatic carbocycles. The van der Waals surface area contributed by atoms with Crippen LogP contribution in [0.25, 0.3) is 0 Å². The summed E-state index contributed by atoms with van der Waals surface area (Å²) in [7, 11) is 1.66. The second-order valence-corrected chi connectivity index (χ2v) is 3.29. The summed E-state index contributed by atoms with van der Waals surface area (Å²) < 4.78 is 5.25. The van der Waals surface area contributed by atoms with Crippen LogP contribution in [0, 0.1) is 12.3 Å². The maximum atomic E-state index is 5.41. The molecule has 0 spiro atoms. The molecule has 0 radical (unpaired) electrons. The fourth-order valence-corrected chi connectivity index (χ4v) is 1.47. The SMILES string of the molecule is C#CCC(Cc1ccccc1OC)NN. The van der Waals surface area contributed by atoms with E-state index in [1.165, 1.54) is 0 Å². The van der Waals surface area contributed by atoms with Gasteiger partial charge in [-0.15, -0.1) is 12.3 Å². The molecular weight excluding hydrogens is 188 g/mol. The molecule has 0 aliphatic carbocycles. The van der Waals surface area contributed by atoms with Crippen LogP contribution in [0.1, 0.15) is 12.0 Å². The first kappa shape index (κ1) is 11.6. The van der Waals surface area contributed by atoms with Crippen molar-refractivity contribution < 1.29 is 4.74 Å². The van der Waals surface area contributed by atoms with Crippen molar-refractivity contribution in [2.24, 2.45) is 5.84 Å². The van der Waals surface area contributed by atoms with Crippen molar-refractivity contribution >= 4 is 0 Å². The molecule has 0 fully saturated rings. The number of methoxy groups -OCH3 is 1. The minimum atomic E-state index is 0.0892. The first-order valence-electron chi connectivity index (χ1n) is 4.83. The van der Waals surface area contributed by atoms with E-state index in [4.69, 9.17) is 17.0 Å². The molecule has 3 nitrogen and oxygen atoms in total. The summed E-state index contributed by atoms with van der Waals surface area (Å²) in [5.74, 6) is 8.88. The van der Waals surface area contributed by atoms with Crippen LogP contribution in [0.15, 0.2) is 24.3 Å². The van der Waals surface area contributed by atoms with Gasteiger partial charge < -0.3 is 4.74 Å². The van der Waals surface area contributed by atoms with Crippen LogP contribution in [0.4, 0.5) is 0 Å². The third kappa shape index (κ3) is 3.28. The fourth-order valence-electron chi connectivity index (χ4n) is 1.47. The Morgan fingerprint density at radius 1 is 1.53 bits per heavy atom. The average Bonchev–Trinajstić information content (AvgIpc) is 2.29. The van der Waals surface area contributed by atoms with Gasteiger partial charge in [0.25, 0.3) is 0 Å². The molecule has 80 valence electrons. The predicted molar refractivity (Wildman–Crippen MR) is 61.3 cm³/mol. The summed E-state index contributed by atoms with van der Waals surface area (Å²) in [6, 6.07) is 7.94. The molecule has 0 saturated carbocycles. The third-order valence-corrected chi connectivity index (χ3v) is 2.26. The predicted octanol–water partition coefficient (Wildman–Crippen LogP) is 1.09. The van der Waals surface area contributed by atoms with Gasteiger partial charge in [0.2, 0.25) is 0 Å². The first-order valence-corrected chi connectivity index (χ1v) is 4.83. The molecule has 0 aliphatic heterocycles. The highest BCUT2D eigenvalue weighted by atomic mass is 16.5. The zero-order valence-corrected chi connectivity index (χ0v) is 8.86. The number of ether oxygens (including phenoxy) is 1. The van der Waals surface area contributed by atoms with E-state index in [2.05, 4.69) is 11.3 Å². The molecule has 1 aromatic rings. The standard InChI is InChI=1S/C12H16N2O/c1-3-6-11(14-13)9-10-7-4-5-8-12(10)15-2/h1,4-5,7-8,11,14H,6,9,13H2,2H3. The zero-order chi connectivity index (χ0) is 11.1. The molecule has 0 bridgehead atoms. The maximum absolute atomic E-state index is 5.41. The summed E-state index contributed by atoms with van der Waals surface area (Å²) in [4.78, 5) is 0. The molecule has 3 N–H and O–H groups in total. The van der Waals surface area contributed by atoms with Gasteiger partial charge in [-0.2, -0.15) is 0 Å². The van der Waals surface area contributed by atoms with E-state index < -0.39 is 0 Å². The Morgan fingerprint density at radius 2 is 2.27 bits per heavy atom. The second-order valence-electron chi connectivity index (χ2n) is 3.29. The molecular formula is C12H16N2O. The largest absolute Gasteiger partial charge is 0.496 e. The first-order chi connectivity index (χ1) is 7.31. The van der Waals surface area contributed by atoms with E-state index in [0.29, 0.717) is 6.42 Å². The molecule has 1 atom stereocenters. The van der Waals surface area contributed by atoms with Gasteiger partial charge >= 0.3 is 0 Å². The van der Waals surface area contributed by atoms with E-state index in [-0.39, 0.29) is 6.04 Å². The van der Waals surface area contributed by atoms with Gasteiger partial charge in [-0.05, 0) is 18.1 Å². The zero-order valence-electron chi connectivity index (χ0n) is 8.86. The third-order valence-electron chi connectivity index (χ3n) is 2.26. The lowest BCUT2D eigenvalue weighted by Crippen LogP contribution is -2.36. The monoisotopic (exact) mass is 204 g/mol. The average molecular weight is 204 g/mol. The van der Waals surface area contributed by atoms with E-state index in [9.17, 15) is 0 Å². The minimum absolute atomic E-state index is 0.0892. The van der Waals surface area contributed by atoms with Crippen molar-refractivity contribution in [2.75, 3.05) is 7.11 Å². The Balaban J connectivity index is 2.74. The Bertz CT molecular complexity index is 344. The quantitative estimate of drug-likeness (QED) is 0.429. The molecule has 15 heavy (non-hydrogen) atoms. The molecule has 0 aliphatic rings. The number of benzene rings is 1. The molecule has 1 unspecified atom stereocenters. The van der Waals surface area contributed by atoms with Crippen molar-refractivity contribution in [2.45, 2.75) is 18.9 Å². The summed E-state index contributed by atoms with van der Waals surface area (Å²) >= 11 is 0. The van der Waals surface area contributed by atoms with Crippen LogP contribution in [0.5, 0.6) is 5.75 Å². The molecule has 3 heteroatoms. The van der Waals surface area contributed by atoms with Crippen LogP contribution >= 0.6 is 0 Å². The van der Waals surface area contributed by atoms with Crippen molar-refractivity contribution in [3.05, 3.63) is 29.8 Å². The molecule has 0 heterocycles. The summed E-state index contributed by atoms with van der Waals surface area (Å²) in [6.07, 6.45) is 6.63. The van der Waals surface area contributed by atoms with Gasteiger partial charge in [0.1, 0.15) is 5.75 Å². The van der Waals surface area contributed by atoms with Gasteiger partial charge in [0.15, 0.2) is 0 Å². The van der Waals surface area contributed by atoms with Crippen LogP contribution in [-0.4, -0.2) is 13.2 Å². The number of hydrogen-bond donors (Lipinski definition) is 2. The number of hydrazine groups is 1. The minimum Gasteiger partial charge on any atom is -0.496 e. The van der Waals surface area contributed by atoms with Crippen molar-refractivity contribution in [3.8, 4) is 18.1 Å². The van der Waals surface area contributed by atoms with Crippen LogP contribution < -0.4 is 16.0 Å². The highest BCUT2D eigenvalue weighted by Gasteiger charge is 2.09.